The Morgan fingerprint density at radius 2 is 1.75 bits per heavy atom. The quantitative estimate of drug-likeness (QED) is 0.586. The summed E-state index contributed by atoms with van der Waals surface area (Å²) >= 11 is 0. The highest BCUT2D eigenvalue weighted by Crippen LogP contribution is 2.21. The Labute approximate surface area is 116 Å². The number of benzene rings is 1. The molecule has 108 valence electrons. The van der Waals surface area contributed by atoms with Gasteiger partial charge < -0.3 is 14.6 Å². The molecule has 1 N–H and O–H groups in total. The van der Waals surface area contributed by atoms with Gasteiger partial charge in [-0.1, -0.05) is 12.1 Å². The first-order valence-electron chi connectivity index (χ1n) is 6.48. The molecule has 1 atom stereocenters. The highest BCUT2D eigenvalue weighted by molar-refractivity contribution is 6.21. The fourth-order valence-electron chi connectivity index (χ4n) is 2.06. The fourth-order valence-corrected chi connectivity index (χ4v) is 2.06. The molecule has 0 aliphatic carbocycles. The zero-order valence-electron chi connectivity index (χ0n) is 11.2. The molecule has 0 bridgehead atoms. The van der Waals surface area contributed by atoms with E-state index in [0.29, 0.717) is 17.7 Å². The van der Waals surface area contributed by atoms with E-state index in [1.807, 2.05) is 0 Å². The van der Waals surface area contributed by atoms with Crippen LogP contribution < -0.4 is 0 Å². The molecule has 1 aromatic carbocycles. The van der Waals surface area contributed by atoms with Crippen LogP contribution in [0.1, 0.15) is 27.6 Å². The van der Waals surface area contributed by atoms with Crippen molar-refractivity contribution in [1.82, 2.24) is 4.90 Å². The maximum Gasteiger partial charge on any atom is 0.261 e. The topological polar surface area (TPSA) is 76.1 Å². The summed E-state index contributed by atoms with van der Waals surface area (Å²) in [7, 11) is 0. The van der Waals surface area contributed by atoms with Crippen molar-refractivity contribution in [1.29, 1.82) is 0 Å². The number of hydrogen-bond donors (Lipinski definition) is 1. The van der Waals surface area contributed by atoms with Crippen molar-refractivity contribution in [2.75, 3.05) is 26.4 Å². The SMILES string of the molecule is CCOC(CO)OCCN1C(=O)c2ccccc2C1=O. The molecule has 0 saturated heterocycles. The number of amides is 2. The zero-order chi connectivity index (χ0) is 14.5. The van der Waals surface area contributed by atoms with Crippen molar-refractivity contribution in [3.05, 3.63) is 35.4 Å². The van der Waals surface area contributed by atoms with Crippen LogP contribution in [0.3, 0.4) is 0 Å². The van der Waals surface area contributed by atoms with E-state index in [2.05, 4.69) is 0 Å². The van der Waals surface area contributed by atoms with E-state index < -0.39 is 6.29 Å². The first-order chi connectivity index (χ1) is 9.69. The predicted octanol–water partition coefficient (Wildman–Crippen LogP) is 0.654. The van der Waals surface area contributed by atoms with Crippen LogP contribution in [0.15, 0.2) is 24.3 Å². The Morgan fingerprint density at radius 3 is 2.25 bits per heavy atom. The highest BCUT2D eigenvalue weighted by Gasteiger charge is 2.34. The van der Waals surface area contributed by atoms with Crippen molar-refractivity contribution >= 4 is 11.8 Å². The van der Waals surface area contributed by atoms with Crippen molar-refractivity contribution in [3.63, 3.8) is 0 Å². The molecule has 1 heterocycles. The van der Waals surface area contributed by atoms with E-state index >= 15 is 0 Å². The van der Waals surface area contributed by atoms with E-state index in [9.17, 15) is 9.59 Å². The normalized spacial score (nSPS) is 15.6. The molecule has 6 nitrogen and oxygen atoms in total. The van der Waals surface area contributed by atoms with Crippen LogP contribution in [0.25, 0.3) is 0 Å². The van der Waals surface area contributed by atoms with Crippen molar-refractivity contribution in [2.24, 2.45) is 0 Å². The van der Waals surface area contributed by atoms with Crippen LogP contribution in [-0.4, -0.2) is 54.5 Å². The maximum atomic E-state index is 12.0. The monoisotopic (exact) mass is 279 g/mol. The average molecular weight is 279 g/mol. The predicted molar refractivity (Wildman–Crippen MR) is 70.3 cm³/mol. The van der Waals surface area contributed by atoms with Gasteiger partial charge in [-0.15, -0.1) is 0 Å². The van der Waals surface area contributed by atoms with Crippen LogP contribution in [0.5, 0.6) is 0 Å². The minimum atomic E-state index is -0.727. The maximum absolute atomic E-state index is 12.0. The first-order valence-corrected chi connectivity index (χ1v) is 6.48. The van der Waals surface area contributed by atoms with Gasteiger partial charge in [0.05, 0.1) is 30.9 Å². The Hall–Kier alpha value is -1.76. The molecule has 2 amide bonds. The number of carbonyl (C=O) groups is 2. The third kappa shape index (κ3) is 2.87. The molecule has 2 rings (SSSR count). The summed E-state index contributed by atoms with van der Waals surface area (Å²) in [6, 6.07) is 6.71. The molecule has 0 radical (unpaired) electrons. The van der Waals surface area contributed by atoms with E-state index in [0.717, 1.165) is 4.90 Å². The summed E-state index contributed by atoms with van der Waals surface area (Å²) in [5.41, 5.74) is 0.835. The lowest BCUT2D eigenvalue weighted by atomic mass is 10.1. The van der Waals surface area contributed by atoms with Crippen molar-refractivity contribution < 1.29 is 24.2 Å². The van der Waals surface area contributed by atoms with Gasteiger partial charge in [0.15, 0.2) is 6.29 Å². The number of fused-ring (bicyclic) bond motifs is 1. The van der Waals surface area contributed by atoms with E-state index in [1.165, 1.54) is 0 Å². The number of rotatable bonds is 7. The third-order valence-corrected chi connectivity index (χ3v) is 3.00. The van der Waals surface area contributed by atoms with Crippen LogP contribution >= 0.6 is 0 Å². The second-order valence-electron chi connectivity index (χ2n) is 4.25. The second kappa shape index (κ2) is 6.60. The van der Waals surface area contributed by atoms with Crippen molar-refractivity contribution in [2.45, 2.75) is 13.2 Å². The summed E-state index contributed by atoms with van der Waals surface area (Å²) in [5.74, 6) is -0.627. The highest BCUT2D eigenvalue weighted by atomic mass is 16.7. The molecule has 6 heteroatoms. The number of aliphatic hydroxyl groups excluding tert-OH is 1. The lowest BCUT2D eigenvalue weighted by molar-refractivity contribution is -0.160. The minimum absolute atomic E-state index is 0.122. The summed E-state index contributed by atoms with van der Waals surface area (Å²) in [4.78, 5) is 25.2. The Kier molecular flexibility index (Phi) is 4.84. The van der Waals surface area contributed by atoms with Crippen LogP contribution in [0.4, 0.5) is 0 Å². The number of imide groups is 1. The standard InChI is InChI=1S/C14H17NO5/c1-2-19-12(9-16)20-8-7-15-13(17)10-5-3-4-6-11(10)14(15)18/h3-6,12,16H,2,7-9H2,1H3. The van der Waals surface area contributed by atoms with Gasteiger partial charge in [-0.05, 0) is 19.1 Å². The second-order valence-corrected chi connectivity index (χ2v) is 4.25. The smallest absolute Gasteiger partial charge is 0.261 e. The summed E-state index contributed by atoms with van der Waals surface area (Å²) in [5, 5.41) is 9.00. The van der Waals surface area contributed by atoms with Crippen molar-refractivity contribution in [3.8, 4) is 0 Å². The lowest BCUT2D eigenvalue weighted by Crippen LogP contribution is -2.34. The minimum Gasteiger partial charge on any atom is -0.391 e. The molecular formula is C14H17NO5. The van der Waals surface area contributed by atoms with Gasteiger partial charge in [0, 0.05) is 6.61 Å². The number of hydrogen-bond acceptors (Lipinski definition) is 5. The summed E-state index contributed by atoms with van der Waals surface area (Å²) in [6.45, 7) is 2.19. The fraction of sp³-hybridized carbons (Fsp3) is 0.429. The molecule has 0 fully saturated rings. The summed E-state index contributed by atoms with van der Waals surface area (Å²) < 4.78 is 10.4. The van der Waals surface area contributed by atoms with Gasteiger partial charge in [0.25, 0.3) is 11.8 Å². The van der Waals surface area contributed by atoms with Crippen LogP contribution in [0, 0.1) is 0 Å². The largest absolute Gasteiger partial charge is 0.391 e. The van der Waals surface area contributed by atoms with E-state index in [4.69, 9.17) is 14.6 Å². The molecule has 0 aromatic heterocycles. The molecule has 0 spiro atoms. The molecule has 0 saturated carbocycles. The molecule has 1 aromatic rings. The molecular weight excluding hydrogens is 262 g/mol. The van der Waals surface area contributed by atoms with Gasteiger partial charge in [0.1, 0.15) is 0 Å². The Bertz CT molecular complexity index is 467. The Balaban J connectivity index is 1.92. The third-order valence-electron chi connectivity index (χ3n) is 3.00. The van der Waals surface area contributed by atoms with Crippen LogP contribution in [0.2, 0.25) is 0 Å². The lowest BCUT2D eigenvalue weighted by Gasteiger charge is -2.18. The number of carbonyl (C=O) groups excluding carboxylic acids is 2. The van der Waals surface area contributed by atoms with E-state index in [1.54, 1.807) is 31.2 Å². The average Bonchev–Trinajstić information content (AvgIpc) is 2.71. The van der Waals surface area contributed by atoms with E-state index in [-0.39, 0.29) is 31.6 Å². The Morgan fingerprint density at radius 1 is 1.15 bits per heavy atom. The van der Waals surface area contributed by atoms with Gasteiger partial charge in [-0.2, -0.15) is 0 Å². The number of nitrogens with zero attached hydrogens (tertiary/aromatic N) is 1. The first kappa shape index (κ1) is 14.6. The number of aliphatic hydroxyl groups is 1. The van der Waals surface area contributed by atoms with Gasteiger partial charge in [-0.25, -0.2) is 0 Å². The zero-order valence-corrected chi connectivity index (χ0v) is 11.2. The van der Waals surface area contributed by atoms with Gasteiger partial charge >= 0.3 is 0 Å². The number of ether oxygens (including phenoxy) is 2. The summed E-state index contributed by atoms with van der Waals surface area (Å²) in [6.07, 6.45) is -0.727. The van der Waals surface area contributed by atoms with Gasteiger partial charge in [0.2, 0.25) is 0 Å². The molecule has 1 unspecified atom stereocenters. The molecule has 1 aliphatic heterocycles. The van der Waals surface area contributed by atoms with Gasteiger partial charge in [-0.3, -0.25) is 14.5 Å². The molecule has 1 aliphatic rings. The van der Waals surface area contributed by atoms with Crippen LogP contribution in [-0.2, 0) is 9.47 Å². The molecule has 20 heavy (non-hydrogen) atoms.